The Morgan fingerprint density at radius 3 is 2.79 bits per heavy atom. The fraction of sp³-hybridized carbons (Fsp3) is 0.167. The molecule has 4 nitrogen and oxygen atoms in total. The molecular weight excluding hydrogens is 350 g/mol. The minimum absolute atomic E-state index is 0.233. The Morgan fingerprint density at radius 2 is 2.16 bits per heavy atom. The van der Waals surface area contributed by atoms with Gasteiger partial charge in [0.1, 0.15) is 5.00 Å². The van der Waals surface area contributed by atoms with Crippen LogP contribution in [0.15, 0.2) is 27.4 Å². The van der Waals surface area contributed by atoms with Crippen LogP contribution in [0.1, 0.15) is 27.0 Å². The number of hydrogen-bond acceptors (Lipinski definition) is 5. The van der Waals surface area contributed by atoms with Crippen molar-refractivity contribution in [1.29, 1.82) is 0 Å². The average molecular weight is 360 g/mol. The molecule has 2 aromatic rings. The third-order valence-corrected chi connectivity index (χ3v) is 4.64. The number of ether oxygens (including phenoxy) is 1. The second kappa shape index (κ2) is 6.31. The lowest BCUT2D eigenvalue weighted by Gasteiger charge is -2.04. The standard InChI is InChI=1S/C12H10BrNO3S2/c1-2-17-12(16)7-5-6-18-11(7)14-10(15)8-3-4-9(13)19-8/h3-6H,2H2,1H3,(H,14,15). The van der Waals surface area contributed by atoms with E-state index in [-0.39, 0.29) is 5.91 Å². The van der Waals surface area contributed by atoms with Gasteiger partial charge in [0.15, 0.2) is 0 Å². The number of esters is 1. The molecule has 0 unspecified atom stereocenters. The van der Waals surface area contributed by atoms with Crippen molar-refractivity contribution in [2.75, 3.05) is 11.9 Å². The highest BCUT2D eigenvalue weighted by Gasteiger charge is 2.17. The lowest BCUT2D eigenvalue weighted by molar-refractivity contribution is 0.0528. The summed E-state index contributed by atoms with van der Waals surface area (Å²) < 4.78 is 5.81. The molecule has 0 aliphatic heterocycles. The topological polar surface area (TPSA) is 55.4 Å². The van der Waals surface area contributed by atoms with Gasteiger partial charge in [0.25, 0.3) is 5.91 Å². The van der Waals surface area contributed by atoms with E-state index in [0.29, 0.717) is 22.0 Å². The number of nitrogens with one attached hydrogen (secondary N) is 1. The van der Waals surface area contributed by atoms with Gasteiger partial charge in [0.05, 0.1) is 20.8 Å². The van der Waals surface area contributed by atoms with Crippen molar-refractivity contribution in [2.45, 2.75) is 6.92 Å². The third-order valence-electron chi connectivity index (χ3n) is 2.18. The average Bonchev–Trinajstić information content (AvgIpc) is 2.98. The number of anilines is 1. The summed E-state index contributed by atoms with van der Waals surface area (Å²) in [5.41, 5.74) is 0.385. The largest absolute Gasteiger partial charge is 0.462 e. The first-order valence-electron chi connectivity index (χ1n) is 5.43. The number of rotatable bonds is 4. The molecule has 0 fully saturated rings. The van der Waals surface area contributed by atoms with E-state index >= 15 is 0 Å². The van der Waals surface area contributed by atoms with Crippen LogP contribution in [0, 0.1) is 0 Å². The van der Waals surface area contributed by atoms with E-state index in [0.717, 1.165) is 3.79 Å². The van der Waals surface area contributed by atoms with Crippen molar-refractivity contribution in [1.82, 2.24) is 0 Å². The maximum atomic E-state index is 12.0. The van der Waals surface area contributed by atoms with Crippen LogP contribution in [0.4, 0.5) is 5.00 Å². The van der Waals surface area contributed by atoms with Crippen LogP contribution >= 0.6 is 38.6 Å². The molecular formula is C12H10BrNO3S2. The normalized spacial score (nSPS) is 10.2. The summed E-state index contributed by atoms with van der Waals surface area (Å²) in [7, 11) is 0. The Balaban J connectivity index is 2.13. The zero-order valence-corrected chi connectivity index (χ0v) is 13.2. The van der Waals surface area contributed by atoms with Gasteiger partial charge < -0.3 is 10.1 Å². The number of amides is 1. The Hall–Kier alpha value is -1.18. The van der Waals surface area contributed by atoms with Crippen molar-refractivity contribution in [2.24, 2.45) is 0 Å². The van der Waals surface area contributed by atoms with Crippen molar-refractivity contribution < 1.29 is 14.3 Å². The van der Waals surface area contributed by atoms with Crippen LogP contribution in [-0.2, 0) is 4.74 Å². The molecule has 7 heteroatoms. The zero-order valence-electron chi connectivity index (χ0n) is 9.94. The predicted molar refractivity (Wildman–Crippen MR) is 80.2 cm³/mol. The van der Waals surface area contributed by atoms with Gasteiger partial charge in [-0.15, -0.1) is 22.7 Å². The number of halogens is 1. The van der Waals surface area contributed by atoms with Crippen LogP contribution in [0.2, 0.25) is 0 Å². The van der Waals surface area contributed by atoms with Gasteiger partial charge >= 0.3 is 5.97 Å². The molecule has 0 aliphatic rings. The van der Waals surface area contributed by atoms with E-state index in [1.165, 1.54) is 22.7 Å². The molecule has 0 atom stereocenters. The van der Waals surface area contributed by atoms with Gasteiger partial charge in [0.2, 0.25) is 0 Å². The monoisotopic (exact) mass is 359 g/mol. The van der Waals surface area contributed by atoms with E-state index < -0.39 is 5.97 Å². The van der Waals surface area contributed by atoms with Gasteiger partial charge in [-0.05, 0) is 46.4 Å². The summed E-state index contributed by atoms with van der Waals surface area (Å²) in [5.74, 6) is -0.657. The fourth-order valence-electron chi connectivity index (χ4n) is 1.38. The maximum Gasteiger partial charge on any atom is 0.341 e. The Kier molecular flexibility index (Phi) is 4.73. The Bertz CT molecular complexity index is 606. The van der Waals surface area contributed by atoms with Gasteiger partial charge in [-0.25, -0.2) is 4.79 Å². The molecule has 2 rings (SSSR count). The van der Waals surface area contributed by atoms with Gasteiger partial charge in [-0.2, -0.15) is 0 Å². The summed E-state index contributed by atoms with van der Waals surface area (Å²) in [5, 5.41) is 4.98. The molecule has 0 saturated heterocycles. The second-order valence-electron chi connectivity index (χ2n) is 3.44. The molecule has 2 heterocycles. The molecule has 0 aromatic carbocycles. The number of carbonyl (C=O) groups is 2. The van der Waals surface area contributed by atoms with Crippen LogP contribution in [-0.4, -0.2) is 18.5 Å². The first-order valence-corrected chi connectivity index (χ1v) is 7.92. The quantitative estimate of drug-likeness (QED) is 0.839. The summed E-state index contributed by atoms with van der Waals surface area (Å²) in [6, 6.07) is 5.17. The number of thiophene rings is 2. The van der Waals surface area contributed by atoms with Gasteiger partial charge in [0, 0.05) is 0 Å². The molecule has 100 valence electrons. The molecule has 19 heavy (non-hydrogen) atoms. The van der Waals surface area contributed by atoms with Crippen molar-refractivity contribution in [3.05, 3.63) is 37.8 Å². The van der Waals surface area contributed by atoms with Crippen molar-refractivity contribution in [3.63, 3.8) is 0 Å². The lowest BCUT2D eigenvalue weighted by Crippen LogP contribution is -2.13. The van der Waals surface area contributed by atoms with Crippen LogP contribution in [0.3, 0.4) is 0 Å². The predicted octanol–water partition coefficient (Wildman–Crippen LogP) is 4.00. The summed E-state index contributed by atoms with van der Waals surface area (Å²) >= 11 is 5.93. The molecule has 0 spiro atoms. The van der Waals surface area contributed by atoms with E-state index in [1.807, 2.05) is 0 Å². The van der Waals surface area contributed by atoms with E-state index in [9.17, 15) is 9.59 Å². The third kappa shape index (κ3) is 3.43. The molecule has 1 amide bonds. The SMILES string of the molecule is CCOC(=O)c1ccsc1NC(=O)c1ccc(Br)s1. The van der Waals surface area contributed by atoms with Gasteiger partial charge in [-0.1, -0.05) is 0 Å². The molecule has 0 saturated carbocycles. The highest BCUT2D eigenvalue weighted by Crippen LogP contribution is 2.27. The van der Waals surface area contributed by atoms with Crippen LogP contribution in [0.5, 0.6) is 0 Å². The van der Waals surface area contributed by atoms with Crippen LogP contribution in [0.25, 0.3) is 0 Å². The molecule has 1 N–H and O–H groups in total. The van der Waals surface area contributed by atoms with E-state index in [4.69, 9.17) is 4.74 Å². The zero-order chi connectivity index (χ0) is 13.8. The first kappa shape index (κ1) is 14.2. The molecule has 2 aromatic heterocycles. The number of carbonyl (C=O) groups excluding carboxylic acids is 2. The van der Waals surface area contributed by atoms with Gasteiger partial charge in [-0.3, -0.25) is 4.79 Å². The number of hydrogen-bond donors (Lipinski definition) is 1. The van der Waals surface area contributed by atoms with Crippen molar-refractivity contribution in [3.8, 4) is 0 Å². The second-order valence-corrected chi connectivity index (χ2v) is 6.82. The van der Waals surface area contributed by atoms with Crippen molar-refractivity contribution >= 4 is 55.5 Å². The van der Waals surface area contributed by atoms with E-state index in [1.54, 1.807) is 30.5 Å². The highest BCUT2D eigenvalue weighted by molar-refractivity contribution is 9.11. The first-order chi connectivity index (χ1) is 9.11. The van der Waals surface area contributed by atoms with Crippen LogP contribution < -0.4 is 5.32 Å². The fourth-order valence-corrected chi connectivity index (χ4v) is 3.43. The summed E-state index contributed by atoms with van der Waals surface area (Å²) in [4.78, 5) is 24.2. The Morgan fingerprint density at radius 1 is 1.37 bits per heavy atom. The smallest absolute Gasteiger partial charge is 0.341 e. The molecule has 0 bridgehead atoms. The minimum Gasteiger partial charge on any atom is -0.462 e. The minimum atomic E-state index is -0.425. The molecule has 0 radical (unpaired) electrons. The lowest BCUT2D eigenvalue weighted by atomic mass is 10.3. The van der Waals surface area contributed by atoms with E-state index in [2.05, 4.69) is 21.2 Å². The summed E-state index contributed by atoms with van der Waals surface area (Å²) in [6.07, 6.45) is 0. The maximum absolute atomic E-state index is 12.0. The highest BCUT2D eigenvalue weighted by atomic mass is 79.9. The Labute approximate surface area is 126 Å². The molecule has 0 aliphatic carbocycles. The summed E-state index contributed by atoms with van der Waals surface area (Å²) in [6.45, 7) is 2.05.